The Morgan fingerprint density at radius 2 is 2.06 bits per heavy atom. The molecule has 2 fully saturated rings. The third-order valence-electron chi connectivity index (χ3n) is 3.54. The van der Waals surface area contributed by atoms with Crippen LogP contribution in [0.1, 0.15) is 26.2 Å². The van der Waals surface area contributed by atoms with Crippen molar-refractivity contribution in [2.24, 2.45) is 5.92 Å². The molecule has 17 heavy (non-hydrogen) atoms. The van der Waals surface area contributed by atoms with Crippen molar-refractivity contribution < 1.29 is 9.59 Å². The Morgan fingerprint density at radius 3 is 2.59 bits per heavy atom. The van der Waals surface area contributed by atoms with Crippen LogP contribution < -0.4 is 10.6 Å². The van der Waals surface area contributed by atoms with Gasteiger partial charge in [-0.3, -0.25) is 9.59 Å². The zero-order valence-corrected chi connectivity index (χ0v) is 10.5. The molecule has 1 aliphatic heterocycles. The van der Waals surface area contributed by atoms with Crippen LogP contribution in [0.2, 0.25) is 0 Å². The van der Waals surface area contributed by atoms with Gasteiger partial charge >= 0.3 is 0 Å². The van der Waals surface area contributed by atoms with E-state index in [0.717, 1.165) is 25.8 Å². The molecule has 0 aromatic heterocycles. The number of carbonyl (C=O) groups is 2. The minimum Gasteiger partial charge on any atom is -0.352 e. The van der Waals surface area contributed by atoms with Crippen LogP contribution >= 0.6 is 0 Å². The number of carbonyl (C=O) groups excluding carboxylic acids is 2. The summed E-state index contributed by atoms with van der Waals surface area (Å²) in [7, 11) is 1.71. The maximum Gasteiger partial charge on any atom is 0.239 e. The van der Waals surface area contributed by atoms with Crippen molar-refractivity contribution >= 4 is 11.8 Å². The molecule has 0 spiro atoms. The molecule has 0 aromatic carbocycles. The summed E-state index contributed by atoms with van der Waals surface area (Å²) >= 11 is 0. The molecule has 5 heteroatoms. The smallest absolute Gasteiger partial charge is 0.239 e. The van der Waals surface area contributed by atoms with Crippen LogP contribution in [0.4, 0.5) is 0 Å². The van der Waals surface area contributed by atoms with Crippen molar-refractivity contribution in [3.63, 3.8) is 0 Å². The average Bonchev–Trinajstić information content (AvgIpc) is 2.97. The summed E-state index contributed by atoms with van der Waals surface area (Å²) in [6.07, 6.45) is 3.02. The van der Waals surface area contributed by atoms with Gasteiger partial charge in [0.2, 0.25) is 11.8 Å². The van der Waals surface area contributed by atoms with Crippen LogP contribution in [0.3, 0.4) is 0 Å². The van der Waals surface area contributed by atoms with Crippen LogP contribution in [-0.4, -0.2) is 48.9 Å². The van der Waals surface area contributed by atoms with Crippen LogP contribution in [0, 0.1) is 5.92 Å². The maximum absolute atomic E-state index is 12.1. The van der Waals surface area contributed by atoms with Gasteiger partial charge in [-0.2, -0.15) is 0 Å². The highest BCUT2D eigenvalue weighted by Gasteiger charge is 2.32. The summed E-state index contributed by atoms with van der Waals surface area (Å²) in [5.74, 6) is 0.0594. The first-order valence-corrected chi connectivity index (χ1v) is 6.35. The van der Waals surface area contributed by atoms with E-state index in [0.29, 0.717) is 6.04 Å². The fourth-order valence-electron chi connectivity index (χ4n) is 2.27. The van der Waals surface area contributed by atoms with E-state index in [9.17, 15) is 9.59 Å². The van der Waals surface area contributed by atoms with Gasteiger partial charge in [-0.15, -0.1) is 0 Å². The first-order valence-electron chi connectivity index (χ1n) is 6.35. The van der Waals surface area contributed by atoms with Crippen LogP contribution in [0.25, 0.3) is 0 Å². The Hall–Kier alpha value is -1.10. The van der Waals surface area contributed by atoms with Gasteiger partial charge in [-0.05, 0) is 32.7 Å². The lowest BCUT2D eigenvalue weighted by Crippen LogP contribution is -2.43. The number of hydrogen-bond acceptors (Lipinski definition) is 3. The molecule has 2 unspecified atom stereocenters. The van der Waals surface area contributed by atoms with Crippen LogP contribution in [-0.2, 0) is 9.59 Å². The largest absolute Gasteiger partial charge is 0.352 e. The van der Waals surface area contributed by atoms with Crippen molar-refractivity contribution in [1.29, 1.82) is 0 Å². The van der Waals surface area contributed by atoms with E-state index in [1.807, 2.05) is 6.92 Å². The fourth-order valence-corrected chi connectivity index (χ4v) is 2.27. The predicted octanol–water partition coefficient (Wildman–Crippen LogP) is -0.279. The van der Waals surface area contributed by atoms with Crippen molar-refractivity contribution in [2.75, 3.05) is 20.1 Å². The molecule has 0 radical (unpaired) electrons. The van der Waals surface area contributed by atoms with Crippen LogP contribution in [0.5, 0.6) is 0 Å². The molecule has 96 valence electrons. The molecule has 0 aromatic rings. The first-order chi connectivity index (χ1) is 8.08. The van der Waals surface area contributed by atoms with Gasteiger partial charge in [0.15, 0.2) is 0 Å². The monoisotopic (exact) mass is 239 g/mol. The maximum atomic E-state index is 12.1. The first kappa shape index (κ1) is 12.4. The molecule has 5 nitrogen and oxygen atoms in total. The lowest BCUT2D eigenvalue weighted by Gasteiger charge is -2.22. The highest BCUT2D eigenvalue weighted by molar-refractivity contribution is 5.86. The highest BCUT2D eigenvalue weighted by Crippen LogP contribution is 2.19. The summed E-state index contributed by atoms with van der Waals surface area (Å²) in [4.78, 5) is 25.2. The van der Waals surface area contributed by atoms with E-state index in [4.69, 9.17) is 0 Å². The van der Waals surface area contributed by atoms with Gasteiger partial charge in [0.05, 0.1) is 12.5 Å². The molecule has 1 heterocycles. The summed E-state index contributed by atoms with van der Waals surface area (Å²) in [5.41, 5.74) is 0. The predicted molar refractivity (Wildman–Crippen MR) is 64.4 cm³/mol. The summed E-state index contributed by atoms with van der Waals surface area (Å²) in [6.45, 7) is 3.09. The SMILES string of the molecule is CC1NCCC1C(=O)N(C)CC(=O)NC1CC1. The molecular formula is C12H21N3O2. The van der Waals surface area contributed by atoms with E-state index in [1.165, 1.54) is 0 Å². The number of nitrogens with zero attached hydrogens (tertiary/aromatic N) is 1. The number of rotatable bonds is 4. The molecular weight excluding hydrogens is 218 g/mol. The molecule has 1 saturated heterocycles. The fraction of sp³-hybridized carbons (Fsp3) is 0.833. The van der Waals surface area contributed by atoms with E-state index in [2.05, 4.69) is 10.6 Å². The zero-order valence-electron chi connectivity index (χ0n) is 10.5. The van der Waals surface area contributed by atoms with Crippen LogP contribution in [0.15, 0.2) is 0 Å². The number of nitrogens with one attached hydrogen (secondary N) is 2. The molecule has 2 aliphatic rings. The molecule has 2 atom stereocenters. The minimum atomic E-state index is -0.0399. The normalized spacial score (nSPS) is 27.9. The van der Waals surface area contributed by atoms with Gasteiger partial charge in [-0.1, -0.05) is 0 Å². The van der Waals surface area contributed by atoms with Crippen molar-refractivity contribution in [1.82, 2.24) is 15.5 Å². The number of hydrogen-bond donors (Lipinski definition) is 2. The standard InChI is InChI=1S/C12H21N3O2/c1-8-10(5-6-13-8)12(17)15(2)7-11(16)14-9-3-4-9/h8-10,13H,3-7H2,1-2H3,(H,14,16). The Labute approximate surface area is 102 Å². The van der Waals surface area contributed by atoms with Gasteiger partial charge < -0.3 is 15.5 Å². The van der Waals surface area contributed by atoms with Gasteiger partial charge in [0.1, 0.15) is 0 Å². The summed E-state index contributed by atoms with van der Waals surface area (Å²) < 4.78 is 0. The average molecular weight is 239 g/mol. The summed E-state index contributed by atoms with van der Waals surface area (Å²) in [6, 6.07) is 0.578. The topological polar surface area (TPSA) is 61.4 Å². The number of amides is 2. The van der Waals surface area contributed by atoms with Gasteiger partial charge in [0, 0.05) is 19.1 Å². The third-order valence-corrected chi connectivity index (χ3v) is 3.54. The molecule has 1 aliphatic carbocycles. The Balaban J connectivity index is 1.79. The molecule has 2 rings (SSSR count). The second-order valence-electron chi connectivity index (χ2n) is 5.17. The van der Waals surface area contributed by atoms with E-state index in [-0.39, 0.29) is 30.3 Å². The van der Waals surface area contributed by atoms with Gasteiger partial charge in [0.25, 0.3) is 0 Å². The summed E-state index contributed by atoms with van der Waals surface area (Å²) in [5, 5.41) is 6.15. The lowest BCUT2D eigenvalue weighted by atomic mass is 10.0. The van der Waals surface area contributed by atoms with Crippen molar-refractivity contribution in [2.45, 2.75) is 38.3 Å². The lowest BCUT2D eigenvalue weighted by molar-refractivity contribution is -0.138. The van der Waals surface area contributed by atoms with Gasteiger partial charge in [-0.25, -0.2) is 0 Å². The van der Waals surface area contributed by atoms with E-state index in [1.54, 1.807) is 11.9 Å². The molecule has 2 amide bonds. The quantitative estimate of drug-likeness (QED) is 0.709. The van der Waals surface area contributed by atoms with Crippen molar-refractivity contribution in [3.05, 3.63) is 0 Å². The third kappa shape index (κ3) is 3.19. The number of likely N-dealkylation sites (N-methyl/N-ethyl adjacent to an activating group) is 1. The Bertz CT molecular complexity index is 315. The Morgan fingerprint density at radius 1 is 1.35 bits per heavy atom. The van der Waals surface area contributed by atoms with E-state index < -0.39 is 0 Å². The molecule has 1 saturated carbocycles. The second-order valence-corrected chi connectivity index (χ2v) is 5.17. The minimum absolute atomic E-state index is 0.0220. The molecule has 0 bridgehead atoms. The van der Waals surface area contributed by atoms with E-state index >= 15 is 0 Å². The van der Waals surface area contributed by atoms with Crippen molar-refractivity contribution in [3.8, 4) is 0 Å². The molecule has 2 N–H and O–H groups in total. The Kier molecular flexibility index (Phi) is 3.66. The zero-order chi connectivity index (χ0) is 12.4. The second kappa shape index (κ2) is 5.04. The highest BCUT2D eigenvalue weighted by atomic mass is 16.2.